The lowest BCUT2D eigenvalue weighted by Crippen LogP contribution is -2.28. The van der Waals surface area contributed by atoms with Crippen LogP contribution in [0.4, 0.5) is 0 Å². The Labute approximate surface area is 144 Å². The Hall–Kier alpha value is -2.14. The lowest BCUT2D eigenvalue weighted by Gasteiger charge is -2.09. The summed E-state index contributed by atoms with van der Waals surface area (Å²) >= 11 is 3.42. The lowest BCUT2D eigenvalue weighted by molar-refractivity contribution is -0.124. The molecule has 0 radical (unpaired) electrons. The number of carbonyl (C=O) groups is 2. The van der Waals surface area contributed by atoms with Crippen molar-refractivity contribution in [1.29, 1.82) is 0 Å². The molecule has 1 amide bonds. The van der Waals surface area contributed by atoms with Gasteiger partial charge in [0.15, 0.2) is 6.61 Å². The van der Waals surface area contributed by atoms with Crippen LogP contribution in [0.3, 0.4) is 0 Å². The zero-order valence-electron chi connectivity index (χ0n) is 13.1. The van der Waals surface area contributed by atoms with Gasteiger partial charge in [-0.1, -0.05) is 51.8 Å². The molecule has 120 valence electrons. The molecule has 0 saturated carbocycles. The minimum atomic E-state index is -0.484. The first kappa shape index (κ1) is 17.2. The fourth-order valence-corrected chi connectivity index (χ4v) is 2.48. The molecule has 0 bridgehead atoms. The van der Waals surface area contributed by atoms with E-state index in [1.807, 2.05) is 50.2 Å². The molecule has 0 fully saturated rings. The van der Waals surface area contributed by atoms with Gasteiger partial charge in [0.1, 0.15) is 0 Å². The molecule has 23 heavy (non-hydrogen) atoms. The van der Waals surface area contributed by atoms with Gasteiger partial charge in [0.05, 0.1) is 5.56 Å². The minimum absolute atomic E-state index is 0.295. The summed E-state index contributed by atoms with van der Waals surface area (Å²) in [5.41, 5.74) is 3.25. The third kappa shape index (κ3) is 4.93. The van der Waals surface area contributed by atoms with Crippen LogP contribution < -0.4 is 5.32 Å². The Bertz CT molecular complexity index is 728. The van der Waals surface area contributed by atoms with E-state index in [2.05, 4.69) is 21.2 Å². The highest BCUT2D eigenvalue weighted by atomic mass is 79.9. The van der Waals surface area contributed by atoms with Gasteiger partial charge in [0, 0.05) is 11.0 Å². The number of hydrogen-bond acceptors (Lipinski definition) is 3. The van der Waals surface area contributed by atoms with Crippen molar-refractivity contribution in [3.8, 4) is 0 Å². The van der Waals surface area contributed by atoms with Gasteiger partial charge >= 0.3 is 5.97 Å². The molecule has 0 aromatic heterocycles. The molecule has 2 aromatic rings. The molecule has 0 aliphatic rings. The van der Waals surface area contributed by atoms with Gasteiger partial charge in [-0.25, -0.2) is 4.79 Å². The summed E-state index contributed by atoms with van der Waals surface area (Å²) in [7, 11) is 0. The monoisotopic (exact) mass is 375 g/mol. The Morgan fingerprint density at radius 1 is 1.13 bits per heavy atom. The predicted octanol–water partition coefficient (Wildman–Crippen LogP) is 3.54. The summed E-state index contributed by atoms with van der Waals surface area (Å²) in [5, 5.41) is 2.73. The highest BCUT2D eigenvalue weighted by molar-refractivity contribution is 9.10. The predicted molar refractivity (Wildman–Crippen MR) is 92.2 cm³/mol. The van der Waals surface area contributed by atoms with E-state index in [0.717, 1.165) is 21.2 Å². The number of benzene rings is 2. The molecule has 0 unspecified atom stereocenters. The Morgan fingerprint density at radius 2 is 1.87 bits per heavy atom. The van der Waals surface area contributed by atoms with Crippen LogP contribution in [0.5, 0.6) is 0 Å². The number of carbonyl (C=O) groups excluding carboxylic acids is 2. The number of hydrogen-bond donors (Lipinski definition) is 1. The third-order valence-corrected chi connectivity index (χ3v) is 4.15. The second-order valence-corrected chi connectivity index (χ2v) is 6.12. The SMILES string of the molecule is Cc1ccc(C)c(C(=O)OCC(=O)NCc2ccccc2Br)c1. The maximum Gasteiger partial charge on any atom is 0.338 e. The Morgan fingerprint density at radius 3 is 2.61 bits per heavy atom. The zero-order valence-corrected chi connectivity index (χ0v) is 14.6. The molecule has 0 atom stereocenters. The van der Waals surface area contributed by atoms with Gasteiger partial charge in [-0.3, -0.25) is 4.79 Å². The van der Waals surface area contributed by atoms with Crippen molar-refractivity contribution in [3.05, 3.63) is 69.2 Å². The van der Waals surface area contributed by atoms with Crippen LogP contribution in [0.1, 0.15) is 27.0 Å². The number of amides is 1. The van der Waals surface area contributed by atoms with Crippen LogP contribution in [0.15, 0.2) is 46.9 Å². The summed E-state index contributed by atoms with van der Waals surface area (Å²) in [4.78, 5) is 23.9. The van der Waals surface area contributed by atoms with Crippen LogP contribution in [-0.2, 0) is 16.1 Å². The van der Waals surface area contributed by atoms with E-state index in [1.165, 1.54) is 0 Å². The average molecular weight is 376 g/mol. The number of ether oxygens (including phenoxy) is 1. The molecule has 4 nitrogen and oxygen atoms in total. The molecule has 0 saturated heterocycles. The molecule has 2 aromatic carbocycles. The first-order valence-corrected chi connectivity index (χ1v) is 8.01. The van der Waals surface area contributed by atoms with Gasteiger partial charge in [0.25, 0.3) is 5.91 Å². The van der Waals surface area contributed by atoms with E-state index in [4.69, 9.17) is 4.74 Å². The topological polar surface area (TPSA) is 55.4 Å². The number of aryl methyl sites for hydroxylation is 2. The van der Waals surface area contributed by atoms with Crippen LogP contribution in [-0.4, -0.2) is 18.5 Å². The molecule has 5 heteroatoms. The Balaban J connectivity index is 1.86. The molecule has 0 aliphatic heterocycles. The molecule has 2 rings (SSSR count). The minimum Gasteiger partial charge on any atom is -0.452 e. The molecule has 0 aliphatic carbocycles. The van der Waals surface area contributed by atoms with Crippen LogP contribution in [0.25, 0.3) is 0 Å². The highest BCUT2D eigenvalue weighted by Crippen LogP contribution is 2.15. The van der Waals surface area contributed by atoms with Crippen molar-refractivity contribution in [1.82, 2.24) is 5.32 Å². The van der Waals surface area contributed by atoms with E-state index in [9.17, 15) is 9.59 Å². The zero-order chi connectivity index (χ0) is 16.8. The first-order valence-electron chi connectivity index (χ1n) is 7.22. The van der Waals surface area contributed by atoms with Gasteiger partial charge in [0.2, 0.25) is 0 Å². The second-order valence-electron chi connectivity index (χ2n) is 5.26. The summed E-state index contributed by atoms with van der Waals surface area (Å²) in [5.74, 6) is -0.818. The number of halogens is 1. The van der Waals surface area contributed by atoms with Gasteiger partial charge in [-0.05, 0) is 37.1 Å². The molecule has 1 N–H and O–H groups in total. The quantitative estimate of drug-likeness (QED) is 0.813. The first-order chi connectivity index (χ1) is 11.0. The number of nitrogens with one attached hydrogen (secondary N) is 1. The largest absolute Gasteiger partial charge is 0.452 e. The Kier molecular flexibility index (Phi) is 5.93. The summed E-state index contributed by atoms with van der Waals surface area (Å²) < 4.78 is 6.01. The molecule has 0 heterocycles. The lowest BCUT2D eigenvalue weighted by atomic mass is 10.1. The van der Waals surface area contributed by atoms with E-state index < -0.39 is 5.97 Å². The van der Waals surface area contributed by atoms with Crippen LogP contribution in [0.2, 0.25) is 0 Å². The molecular formula is C18H18BrNO3. The van der Waals surface area contributed by atoms with E-state index >= 15 is 0 Å². The van der Waals surface area contributed by atoms with Crippen molar-refractivity contribution in [3.63, 3.8) is 0 Å². The fourth-order valence-electron chi connectivity index (χ4n) is 2.05. The number of rotatable bonds is 5. The molecule has 0 spiro atoms. The van der Waals surface area contributed by atoms with Crippen molar-refractivity contribution in [2.24, 2.45) is 0 Å². The van der Waals surface area contributed by atoms with Gasteiger partial charge in [-0.2, -0.15) is 0 Å². The highest BCUT2D eigenvalue weighted by Gasteiger charge is 2.13. The van der Waals surface area contributed by atoms with Gasteiger partial charge in [-0.15, -0.1) is 0 Å². The van der Waals surface area contributed by atoms with Crippen LogP contribution in [0, 0.1) is 13.8 Å². The van der Waals surface area contributed by atoms with Gasteiger partial charge < -0.3 is 10.1 Å². The van der Waals surface area contributed by atoms with E-state index in [1.54, 1.807) is 6.07 Å². The van der Waals surface area contributed by atoms with Crippen molar-refractivity contribution in [2.45, 2.75) is 20.4 Å². The molecular weight excluding hydrogens is 358 g/mol. The standard InChI is InChI=1S/C18H18BrNO3/c1-12-7-8-13(2)15(9-12)18(22)23-11-17(21)20-10-14-5-3-4-6-16(14)19/h3-9H,10-11H2,1-2H3,(H,20,21). The van der Waals surface area contributed by atoms with E-state index in [0.29, 0.717) is 12.1 Å². The average Bonchev–Trinajstić information content (AvgIpc) is 2.54. The van der Waals surface area contributed by atoms with Crippen LogP contribution >= 0.6 is 15.9 Å². The summed E-state index contributed by atoms with van der Waals surface area (Å²) in [6.45, 7) is 3.82. The van der Waals surface area contributed by atoms with Crippen molar-refractivity contribution < 1.29 is 14.3 Å². The smallest absolute Gasteiger partial charge is 0.338 e. The maximum atomic E-state index is 12.0. The number of esters is 1. The van der Waals surface area contributed by atoms with Crippen molar-refractivity contribution >= 4 is 27.8 Å². The van der Waals surface area contributed by atoms with Crippen molar-refractivity contribution in [2.75, 3.05) is 6.61 Å². The summed E-state index contributed by atoms with van der Waals surface area (Å²) in [6.07, 6.45) is 0. The maximum absolute atomic E-state index is 12.0. The third-order valence-electron chi connectivity index (χ3n) is 3.38. The summed E-state index contributed by atoms with van der Waals surface area (Å²) in [6, 6.07) is 13.2. The van der Waals surface area contributed by atoms with E-state index in [-0.39, 0.29) is 12.5 Å². The second kappa shape index (κ2) is 7.92. The fraction of sp³-hybridized carbons (Fsp3) is 0.222. The normalized spacial score (nSPS) is 10.2.